The fraction of sp³-hybridized carbons (Fsp3) is 0.231. The van der Waals surface area contributed by atoms with E-state index < -0.39 is 11.5 Å². The Morgan fingerprint density at radius 1 is 1.47 bits per heavy atom. The molecule has 100 valence electrons. The first-order valence-electron chi connectivity index (χ1n) is 5.59. The van der Waals surface area contributed by atoms with Crippen molar-refractivity contribution < 1.29 is 9.53 Å². The molecule has 1 heterocycles. The zero-order valence-electron chi connectivity index (χ0n) is 10.5. The zero-order chi connectivity index (χ0) is 13.9. The van der Waals surface area contributed by atoms with Crippen LogP contribution < -0.4 is 5.32 Å². The van der Waals surface area contributed by atoms with E-state index in [1.54, 1.807) is 25.3 Å². The Morgan fingerprint density at radius 3 is 2.79 bits per heavy atom. The van der Waals surface area contributed by atoms with Gasteiger partial charge in [0.25, 0.3) is 0 Å². The molecule has 19 heavy (non-hydrogen) atoms. The number of benzene rings is 1. The van der Waals surface area contributed by atoms with Crippen LogP contribution in [-0.4, -0.2) is 18.1 Å². The van der Waals surface area contributed by atoms with E-state index in [0.29, 0.717) is 15.7 Å². The van der Waals surface area contributed by atoms with Crippen LogP contribution in [0.25, 0.3) is 0 Å². The Morgan fingerprint density at radius 2 is 2.21 bits per heavy atom. The number of ether oxygens (including phenoxy) is 1. The van der Waals surface area contributed by atoms with E-state index in [-0.39, 0.29) is 0 Å². The van der Waals surface area contributed by atoms with Crippen LogP contribution in [0.3, 0.4) is 0 Å². The van der Waals surface area contributed by atoms with E-state index in [0.717, 1.165) is 0 Å². The molecule has 0 bridgehead atoms. The van der Waals surface area contributed by atoms with Gasteiger partial charge in [-0.25, -0.2) is 9.78 Å². The number of nitrogens with zero attached hydrogens (tertiary/aromatic N) is 1. The summed E-state index contributed by atoms with van der Waals surface area (Å²) in [5, 5.41) is 6.09. The molecule has 0 aliphatic rings. The molecule has 2 rings (SSSR count). The fourth-order valence-corrected chi connectivity index (χ4v) is 2.62. The van der Waals surface area contributed by atoms with Gasteiger partial charge in [0.2, 0.25) is 0 Å². The second-order valence-corrected chi connectivity index (χ2v) is 5.36. The summed E-state index contributed by atoms with van der Waals surface area (Å²) in [5.41, 5.74) is -0.402. The molecule has 0 aliphatic heterocycles. The number of esters is 1. The number of anilines is 1. The van der Waals surface area contributed by atoms with Crippen LogP contribution in [0.2, 0.25) is 5.02 Å². The highest BCUT2D eigenvalue weighted by atomic mass is 35.5. The van der Waals surface area contributed by atoms with Crippen LogP contribution in [0, 0.1) is 0 Å². The van der Waals surface area contributed by atoms with Crippen molar-refractivity contribution in [3.05, 3.63) is 45.9 Å². The number of aromatic nitrogens is 1. The van der Waals surface area contributed by atoms with Crippen molar-refractivity contribution in [2.24, 2.45) is 0 Å². The van der Waals surface area contributed by atoms with E-state index >= 15 is 0 Å². The van der Waals surface area contributed by atoms with Crippen molar-refractivity contribution in [2.75, 3.05) is 12.4 Å². The molecule has 0 spiro atoms. The lowest BCUT2D eigenvalue weighted by Gasteiger charge is -2.27. The molecule has 1 unspecified atom stereocenters. The summed E-state index contributed by atoms with van der Waals surface area (Å²) < 4.78 is 4.87. The Kier molecular flexibility index (Phi) is 4.07. The number of nitrogens with one attached hydrogen (secondary N) is 1. The highest BCUT2D eigenvalue weighted by Crippen LogP contribution is 2.32. The molecule has 0 amide bonds. The molecule has 0 saturated carbocycles. The minimum absolute atomic E-state index is 0.414. The van der Waals surface area contributed by atoms with Gasteiger partial charge >= 0.3 is 5.97 Å². The lowest BCUT2D eigenvalue weighted by Crippen LogP contribution is -2.41. The maximum atomic E-state index is 12.1. The van der Waals surface area contributed by atoms with Crippen LogP contribution in [0.15, 0.2) is 35.8 Å². The summed E-state index contributed by atoms with van der Waals surface area (Å²) in [5.74, 6) is -0.414. The number of hydrogen-bond donors (Lipinski definition) is 1. The molecule has 0 saturated heterocycles. The van der Waals surface area contributed by atoms with Gasteiger partial charge in [-0.1, -0.05) is 23.7 Å². The molecule has 1 N–H and O–H groups in total. The van der Waals surface area contributed by atoms with Crippen LogP contribution in [0.4, 0.5) is 5.69 Å². The Bertz CT molecular complexity index is 574. The molecule has 0 aliphatic carbocycles. The summed E-state index contributed by atoms with van der Waals surface area (Å²) in [6.45, 7) is 1.72. The molecule has 1 aromatic carbocycles. The third kappa shape index (κ3) is 2.72. The first kappa shape index (κ1) is 13.8. The van der Waals surface area contributed by atoms with Crippen molar-refractivity contribution >= 4 is 34.6 Å². The van der Waals surface area contributed by atoms with Crippen molar-refractivity contribution in [3.63, 3.8) is 0 Å². The maximum Gasteiger partial charge on any atom is 0.338 e. The molecular weight excluding hydrogens is 284 g/mol. The van der Waals surface area contributed by atoms with Gasteiger partial charge in [-0.05, 0) is 19.1 Å². The number of para-hydroxylation sites is 1. The molecule has 0 radical (unpaired) electrons. The average Bonchev–Trinajstić information content (AvgIpc) is 2.95. The number of halogens is 1. The van der Waals surface area contributed by atoms with Gasteiger partial charge in [0.1, 0.15) is 5.01 Å². The van der Waals surface area contributed by atoms with Gasteiger partial charge in [-0.3, -0.25) is 0 Å². The van der Waals surface area contributed by atoms with Crippen LogP contribution in [0.1, 0.15) is 11.9 Å². The molecule has 4 nitrogen and oxygen atoms in total. The van der Waals surface area contributed by atoms with E-state index in [1.807, 2.05) is 17.5 Å². The van der Waals surface area contributed by atoms with Crippen LogP contribution in [0.5, 0.6) is 0 Å². The third-order valence-electron chi connectivity index (χ3n) is 2.71. The van der Waals surface area contributed by atoms with Crippen molar-refractivity contribution in [3.8, 4) is 0 Å². The number of methoxy groups -OCH3 is 1. The van der Waals surface area contributed by atoms with Gasteiger partial charge in [0, 0.05) is 11.6 Å². The molecular formula is C13H13ClN2O2S. The quantitative estimate of drug-likeness (QED) is 0.880. The number of carbonyl (C=O) groups excluding carboxylic acids is 1. The number of rotatable bonds is 4. The molecule has 2 aromatic rings. The van der Waals surface area contributed by atoms with Crippen LogP contribution in [-0.2, 0) is 15.1 Å². The highest BCUT2D eigenvalue weighted by molar-refractivity contribution is 7.09. The summed E-state index contributed by atoms with van der Waals surface area (Å²) in [4.78, 5) is 16.3. The molecule has 1 atom stereocenters. The molecule has 6 heteroatoms. The van der Waals surface area contributed by atoms with Crippen molar-refractivity contribution in [1.82, 2.24) is 4.98 Å². The smallest absolute Gasteiger partial charge is 0.338 e. The maximum absolute atomic E-state index is 12.1. The lowest BCUT2D eigenvalue weighted by molar-refractivity contribution is -0.145. The second-order valence-electron chi connectivity index (χ2n) is 4.06. The molecule has 1 aromatic heterocycles. The van der Waals surface area contributed by atoms with Gasteiger partial charge < -0.3 is 10.1 Å². The van der Waals surface area contributed by atoms with E-state index in [9.17, 15) is 4.79 Å². The standard InChI is InChI=1S/C13H13ClN2O2S/c1-13(12(17)18-2,11-15-7-8-19-11)16-10-6-4-3-5-9(10)14/h3-8,16H,1-2H3. The average molecular weight is 297 g/mol. The van der Waals surface area contributed by atoms with Gasteiger partial charge in [-0.15, -0.1) is 11.3 Å². The summed E-state index contributed by atoms with van der Waals surface area (Å²) >= 11 is 7.49. The molecule has 0 fully saturated rings. The second kappa shape index (κ2) is 5.59. The lowest BCUT2D eigenvalue weighted by atomic mass is 10.0. The van der Waals surface area contributed by atoms with Crippen molar-refractivity contribution in [1.29, 1.82) is 0 Å². The van der Waals surface area contributed by atoms with Gasteiger partial charge in [0.05, 0.1) is 17.8 Å². The monoisotopic (exact) mass is 296 g/mol. The summed E-state index contributed by atoms with van der Waals surface area (Å²) in [6, 6.07) is 7.22. The minimum Gasteiger partial charge on any atom is -0.467 e. The topological polar surface area (TPSA) is 51.2 Å². The Labute approximate surface area is 120 Å². The first-order valence-corrected chi connectivity index (χ1v) is 6.85. The van der Waals surface area contributed by atoms with E-state index in [4.69, 9.17) is 16.3 Å². The van der Waals surface area contributed by atoms with Crippen molar-refractivity contribution in [2.45, 2.75) is 12.5 Å². The first-order chi connectivity index (χ1) is 9.08. The van der Waals surface area contributed by atoms with E-state index in [2.05, 4.69) is 10.3 Å². The van der Waals surface area contributed by atoms with Gasteiger partial charge in [0.15, 0.2) is 5.54 Å². The number of hydrogen-bond acceptors (Lipinski definition) is 5. The summed E-state index contributed by atoms with van der Waals surface area (Å²) in [6.07, 6.45) is 1.65. The predicted molar refractivity (Wildman–Crippen MR) is 76.6 cm³/mol. The van der Waals surface area contributed by atoms with Crippen LogP contribution >= 0.6 is 22.9 Å². The predicted octanol–water partition coefficient (Wildman–Crippen LogP) is 3.30. The Hall–Kier alpha value is -1.59. The Balaban J connectivity index is 2.40. The fourth-order valence-electron chi connectivity index (χ4n) is 1.70. The normalized spacial score (nSPS) is 13.6. The minimum atomic E-state index is -1.06. The zero-order valence-corrected chi connectivity index (χ0v) is 12.1. The van der Waals surface area contributed by atoms with E-state index in [1.165, 1.54) is 18.4 Å². The van der Waals surface area contributed by atoms with Gasteiger partial charge in [-0.2, -0.15) is 0 Å². The number of carbonyl (C=O) groups is 1. The SMILES string of the molecule is COC(=O)C(C)(Nc1ccccc1Cl)c1nccs1. The largest absolute Gasteiger partial charge is 0.467 e. The number of thiazole rings is 1. The highest BCUT2D eigenvalue weighted by Gasteiger charge is 2.39. The summed E-state index contributed by atoms with van der Waals surface area (Å²) in [7, 11) is 1.35. The third-order valence-corrected chi connectivity index (χ3v) is 4.04.